The molecule has 1 N–H and O–H groups in total. The molecule has 0 aliphatic rings. The lowest BCUT2D eigenvalue weighted by molar-refractivity contribution is -0.274. The third-order valence-corrected chi connectivity index (χ3v) is 3.10. The Bertz CT molecular complexity index is 575. The number of benzene rings is 1. The fraction of sp³-hybridized carbons (Fsp3) is 0.333. The Labute approximate surface area is 120 Å². The van der Waals surface area contributed by atoms with Crippen LogP contribution in [0.2, 0.25) is 0 Å². The van der Waals surface area contributed by atoms with Gasteiger partial charge in [0, 0.05) is 11.6 Å². The molecule has 0 aliphatic heterocycles. The van der Waals surface area contributed by atoms with Crippen molar-refractivity contribution >= 4 is 0 Å². The van der Waals surface area contributed by atoms with Gasteiger partial charge in [0.15, 0.2) is 0 Å². The van der Waals surface area contributed by atoms with Crippen molar-refractivity contribution in [1.29, 1.82) is 0 Å². The summed E-state index contributed by atoms with van der Waals surface area (Å²) in [4.78, 5) is 0. The van der Waals surface area contributed by atoms with Crippen LogP contribution in [0.5, 0.6) is 5.75 Å². The van der Waals surface area contributed by atoms with Crippen molar-refractivity contribution in [2.45, 2.75) is 25.7 Å². The van der Waals surface area contributed by atoms with Crippen molar-refractivity contribution in [3.05, 3.63) is 53.5 Å². The van der Waals surface area contributed by atoms with E-state index >= 15 is 0 Å². The van der Waals surface area contributed by atoms with Crippen molar-refractivity contribution < 1.29 is 22.3 Å². The van der Waals surface area contributed by atoms with E-state index in [0.29, 0.717) is 6.42 Å². The standard InChI is InChI=1S/C15H16F3NO2/c1-10-7-12(9-20-10)14(19-2)8-11-3-5-13(6-4-11)21-15(16,17)18/h3-7,9,14,19H,8H2,1-2H3. The molecule has 1 unspecified atom stereocenters. The molecule has 0 amide bonds. The smallest absolute Gasteiger partial charge is 0.469 e. The van der Waals surface area contributed by atoms with E-state index < -0.39 is 6.36 Å². The van der Waals surface area contributed by atoms with Crippen molar-refractivity contribution in [1.82, 2.24) is 5.32 Å². The molecule has 3 nitrogen and oxygen atoms in total. The zero-order valence-electron chi connectivity index (χ0n) is 11.7. The number of rotatable bonds is 5. The Balaban J connectivity index is 2.05. The van der Waals surface area contributed by atoms with Crippen molar-refractivity contribution in [3.63, 3.8) is 0 Å². The second-order valence-corrected chi connectivity index (χ2v) is 4.73. The Kier molecular flexibility index (Phi) is 4.57. The summed E-state index contributed by atoms with van der Waals surface area (Å²) in [5.74, 6) is 0.602. The van der Waals surface area contributed by atoms with Crippen LogP contribution in [0.1, 0.15) is 22.9 Å². The van der Waals surface area contributed by atoms with Crippen molar-refractivity contribution in [3.8, 4) is 5.75 Å². The third kappa shape index (κ3) is 4.53. The Morgan fingerprint density at radius 1 is 1.24 bits per heavy atom. The lowest BCUT2D eigenvalue weighted by Crippen LogP contribution is -2.18. The molecular weight excluding hydrogens is 283 g/mol. The van der Waals surface area contributed by atoms with Gasteiger partial charge < -0.3 is 14.5 Å². The summed E-state index contributed by atoms with van der Waals surface area (Å²) in [6, 6.07) is 7.85. The minimum absolute atomic E-state index is 0.0387. The predicted molar refractivity (Wildman–Crippen MR) is 72.1 cm³/mol. The highest BCUT2D eigenvalue weighted by Gasteiger charge is 2.30. The van der Waals surface area contributed by atoms with E-state index in [-0.39, 0.29) is 11.8 Å². The van der Waals surface area contributed by atoms with E-state index in [9.17, 15) is 13.2 Å². The quantitative estimate of drug-likeness (QED) is 0.906. The fourth-order valence-corrected chi connectivity index (χ4v) is 2.10. The molecule has 0 aliphatic carbocycles. The van der Waals surface area contributed by atoms with Crippen molar-refractivity contribution in [2.75, 3.05) is 7.05 Å². The molecule has 114 valence electrons. The molecule has 6 heteroatoms. The zero-order chi connectivity index (χ0) is 15.5. The zero-order valence-corrected chi connectivity index (χ0v) is 11.7. The number of likely N-dealkylation sites (N-methyl/N-ethyl adjacent to an activating group) is 1. The number of alkyl halides is 3. The lowest BCUT2D eigenvalue weighted by Gasteiger charge is -2.15. The van der Waals surface area contributed by atoms with Gasteiger partial charge in [-0.05, 0) is 44.2 Å². The molecule has 0 saturated carbocycles. The molecular formula is C15H16F3NO2. The normalized spacial score (nSPS) is 13.2. The summed E-state index contributed by atoms with van der Waals surface area (Å²) in [6.07, 6.45) is -2.34. The summed E-state index contributed by atoms with van der Waals surface area (Å²) >= 11 is 0. The van der Waals surface area contributed by atoms with Gasteiger partial charge in [0.2, 0.25) is 0 Å². The number of hydrogen-bond donors (Lipinski definition) is 1. The van der Waals surface area contributed by atoms with Gasteiger partial charge in [-0.2, -0.15) is 0 Å². The van der Waals surface area contributed by atoms with Gasteiger partial charge in [0.25, 0.3) is 0 Å². The fourth-order valence-electron chi connectivity index (χ4n) is 2.10. The summed E-state index contributed by atoms with van der Waals surface area (Å²) in [5, 5.41) is 3.16. The Hall–Kier alpha value is -1.95. The molecule has 0 bridgehead atoms. The van der Waals surface area contributed by atoms with E-state index in [1.165, 1.54) is 12.1 Å². The van der Waals surface area contributed by atoms with Crippen LogP contribution in [0.4, 0.5) is 13.2 Å². The average Bonchev–Trinajstić information content (AvgIpc) is 2.82. The molecule has 0 spiro atoms. The summed E-state index contributed by atoms with van der Waals surface area (Å²) < 4.78 is 45.4. The highest BCUT2D eigenvalue weighted by Crippen LogP contribution is 2.25. The highest BCUT2D eigenvalue weighted by molar-refractivity contribution is 5.29. The van der Waals surface area contributed by atoms with Gasteiger partial charge in [0.05, 0.1) is 6.26 Å². The van der Waals surface area contributed by atoms with Crippen LogP contribution in [-0.2, 0) is 6.42 Å². The van der Waals surface area contributed by atoms with Gasteiger partial charge in [0.1, 0.15) is 11.5 Å². The molecule has 1 heterocycles. The second kappa shape index (κ2) is 6.22. The number of nitrogens with one attached hydrogen (secondary N) is 1. The molecule has 1 aromatic heterocycles. The SMILES string of the molecule is CNC(Cc1ccc(OC(F)(F)F)cc1)c1coc(C)c1. The number of furan rings is 1. The number of halogens is 3. The molecule has 1 atom stereocenters. The largest absolute Gasteiger partial charge is 0.573 e. The topological polar surface area (TPSA) is 34.4 Å². The molecule has 0 fully saturated rings. The molecule has 2 rings (SSSR count). The minimum atomic E-state index is -4.66. The predicted octanol–water partition coefficient (Wildman–Crippen LogP) is 3.99. The average molecular weight is 299 g/mol. The van der Waals surface area contributed by atoms with E-state index in [4.69, 9.17) is 4.42 Å². The van der Waals surface area contributed by atoms with Gasteiger partial charge in [-0.15, -0.1) is 13.2 Å². The van der Waals surface area contributed by atoms with Crippen molar-refractivity contribution in [2.24, 2.45) is 0 Å². The molecule has 1 aromatic carbocycles. The van der Waals surface area contributed by atoms with E-state index in [1.807, 2.05) is 20.0 Å². The van der Waals surface area contributed by atoms with Crippen LogP contribution in [0.15, 0.2) is 41.0 Å². The van der Waals surface area contributed by atoms with Gasteiger partial charge >= 0.3 is 6.36 Å². The van der Waals surface area contributed by atoms with Gasteiger partial charge in [-0.3, -0.25) is 0 Å². The summed E-state index contributed by atoms with van der Waals surface area (Å²) in [6.45, 7) is 1.86. The maximum atomic E-state index is 12.1. The maximum absolute atomic E-state index is 12.1. The van der Waals surface area contributed by atoms with Crippen LogP contribution in [-0.4, -0.2) is 13.4 Å². The van der Waals surface area contributed by atoms with Crippen LogP contribution >= 0.6 is 0 Å². The molecule has 2 aromatic rings. The second-order valence-electron chi connectivity index (χ2n) is 4.73. The molecule has 0 saturated heterocycles. The first-order chi connectivity index (χ1) is 9.87. The lowest BCUT2D eigenvalue weighted by atomic mass is 10.0. The summed E-state index contributed by atoms with van der Waals surface area (Å²) in [7, 11) is 1.83. The minimum Gasteiger partial charge on any atom is -0.469 e. The van der Waals surface area contributed by atoms with Gasteiger partial charge in [-0.25, -0.2) is 0 Å². The number of hydrogen-bond acceptors (Lipinski definition) is 3. The number of ether oxygens (including phenoxy) is 1. The maximum Gasteiger partial charge on any atom is 0.573 e. The number of aryl methyl sites for hydroxylation is 1. The van der Waals surface area contributed by atoms with Gasteiger partial charge in [-0.1, -0.05) is 12.1 Å². The van der Waals surface area contributed by atoms with E-state index in [0.717, 1.165) is 16.9 Å². The first-order valence-electron chi connectivity index (χ1n) is 6.44. The first-order valence-corrected chi connectivity index (χ1v) is 6.44. The first kappa shape index (κ1) is 15.4. The monoisotopic (exact) mass is 299 g/mol. The summed E-state index contributed by atoms with van der Waals surface area (Å²) in [5.41, 5.74) is 1.91. The Morgan fingerprint density at radius 2 is 1.90 bits per heavy atom. The van der Waals surface area contributed by atoms with E-state index in [1.54, 1.807) is 18.4 Å². The van der Waals surface area contributed by atoms with E-state index in [2.05, 4.69) is 10.1 Å². The van der Waals surface area contributed by atoms with Crippen LogP contribution < -0.4 is 10.1 Å². The van der Waals surface area contributed by atoms with Crippen LogP contribution in [0, 0.1) is 6.92 Å². The highest BCUT2D eigenvalue weighted by atomic mass is 19.4. The molecule has 0 radical (unpaired) electrons. The van der Waals surface area contributed by atoms with Crippen LogP contribution in [0.3, 0.4) is 0 Å². The van der Waals surface area contributed by atoms with Crippen LogP contribution in [0.25, 0.3) is 0 Å². The third-order valence-electron chi connectivity index (χ3n) is 3.10. The Morgan fingerprint density at radius 3 is 2.38 bits per heavy atom. The molecule has 21 heavy (non-hydrogen) atoms.